The van der Waals surface area contributed by atoms with Crippen LogP contribution in [0.15, 0.2) is 12.3 Å². The molecule has 2 aliphatic rings. The van der Waals surface area contributed by atoms with Gasteiger partial charge in [-0.25, -0.2) is 9.97 Å². The maximum Gasteiger partial charge on any atom is 0.125 e. The van der Waals surface area contributed by atoms with Crippen LogP contribution in [0.4, 0.5) is 0 Å². The summed E-state index contributed by atoms with van der Waals surface area (Å²) in [6.07, 6.45) is 6.65. The Balaban J connectivity index is 1.73. The first-order chi connectivity index (χ1) is 10.2. The number of aliphatic hydroxyl groups excluding tert-OH is 2. The van der Waals surface area contributed by atoms with Crippen LogP contribution < -0.4 is 5.32 Å². The van der Waals surface area contributed by atoms with Crippen molar-refractivity contribution in [1.82, 2.24) is 15.3 Å². The van der Waals surface area contributed by atoms with E-state index < -0.39 is 6.10 Å². The summed E-state index contributed by atoms with van der Waals surface area (Å²) < 4.78 is 0. The average Bonchev–Trinajstić information content (AvgIpc) is 2.69. The standard InChI is InChI=1S/C16H25N3O2/c1-10-17-6-5-12(18-10)7-13-14(9-20)16(21)8-15(13)19-11-3-2-4-11/h5-6,11,13-16,19-21H,2-4,7-9H2,1H3. The van der Waals surface area contributed by atoms with Crippen LogP contribution in [0.5, 0.6) is 0 Å². The molecule has 21 heavy (non-hydrogen) atoms. The third-order valence-corrected chi connectivity index (χ3v) is 5.10. The first-order valence-corrected chi connectivity index (χ1v) is 8.01. The molecule has 116 valence electrons. The van der Waals surface area contributed by atoms with E-state index in [0.29, 0.717) is 6.04 Å². The van der Waals surface area contributed by atoms with E-state index in [1.54, 1.807) is 6.20 Å². The van der Waals surface area contributed by atoms with Crippen molar-refractivity contribution in [1.29, 1.82) is 0 Å². The molecule has 0 bridgehead atoms. The highest BCUT2D eigenvalue weighted by atomic mass is 16.3. The predicted molar refractivity (Wildman–Crippen MR) is 79.7 cm³/mol. The highest BCUT2D eigenvalue weighted by Crippen LogP contribution is 2.36. The first-order valence-electron chi connectivity index (χ1n) is 8.01. The summed E-state index contributed by atoms with van der Waals surface area (Å²) in [7, 11) is 0. The lowest BCUT2D eigenvalue weighted by Gasteiger charge is -2.33. The molecule has 0 radical (unpaired) electrons. The Kier molecular flexibility index (Phi) is 4.52. The molecular formula is C16H25N3O2. The van der Waals surface area contributed by atoms with Gasteiger partial charge in [0.15, 0.2) is 0 Å². The van der Waals surface area contributed by atoms with Crippen molar-refractivity contribution >= 4 is 0 Å². The summed E-state index contributed by atoms with van der Waals surface area (Å²) in [5, 5.41) is 23.6. The number of aliphatic hydroxyl groups is 2. The second-order valence-electron chi connectivity index (χ2n) is 6.51. The topological polar surface area (TPSA) is 78.3 Å². The van der Waals surface area contributed by atoms with Gasteiger partial charge in [-0.3, -0.25) is 0 Å². The smallest absolute Gasteiger partial charge is 0.125 e. The Labute approximate surface area is 125 Å². The summed E-state index contributed by atoms with van der Waals surface area (Å²) in [4.78, 5) is 8.61. The second kappa shape index (κ2) is 6.38. The van der Waals surface area contributed by atoms with Crippen LogP contribution in [-0.2, 0) is 6.42 Å². The van der Waals surface area contributed by atoms with Crippen LogP contribution in [0.2, 0.25) is 0 Å². The van der Waals surface area contributed by atoms with Crippen LogP contribution in [0.25, 0.3) is 0 Å². The molecule has 2 fully saturated rings. The van der Waals surface area contributed by atoms with Gasteiger partial charge in [-0.1, -0.05) is 6.42 Å². The van der Waals surface area contributed by atoms with E-state index in [0.717, 1.165) is 24.4 Å². The number of aromatic nitrogens is 2. The van der Waals surface area contributed by atoms with Gasteiger partial charge >= 0.3 is 0 Å². The number of nitrogens with zero attached hydrogens (tertiary/aromatic N) is 2. The lowest BCUT2D eigenvalue weighted by atomic mass is 9.86. The Morgan fingerprint density at radius 2 is 2.14 bits per heavy atom. The quantitative estimate of drug-likeness (QED) is 0.749. The number of hydrogen-bond donors (Lipinski definition) is 3. The zero-order chi connectivity index (χ0) is 14.8. The highest BCUT2D eigenvalue weighted by Gasteiger charge is 2.43. The fraction of sp³-hybridized carbons (Fsp3) is 0.750. The summed E-state index contributed by atoms with van der Waals surface area (Å²) in [5.74, 6) is 0.952. The molecule has 2 saturated carbocycles. The molecule has 3 rings (SSSR count). The van der Waals surface area contributed by atoms with Crippen LogP contribution >= 0.6 is 0 Å². The van der Waals surface area contributed by atoms with Crippen molar-refractivity contribution in [2.24, 2.45) is 11.8 Å². The van der Waals surface area contributed by atoms with Crippen LogP contribution in [-0.4, -0.2) is 45.0 Å². The van der Waals surface area contributed by atoms with Gasteiger partial charge in [0.05, 0.1) is 6.10 Å². The third kappa shape index (κ3) is 3.25. The second-order valence-corrected chi connectivity index (χ2v) is 6.51. The minimum Gasteiger partial charge on any atom is -0.396 e. The van der Waals surface area contributed by atoms with E-state index in [9.17, 15) is 10.2 Å². The fourth-order valence-corrected chi connectivity index (χ4v) is 3.67. The Bertz CT molecular complexity index is 478. The van der Waals surface area contributed by atoms with E-state index in [2.05, 4.69) is 15.3 Å². The molecule has 1 heterocycles. The summed E-state index contributed by atoms with van der Waals surface area (Å²) >= 11 is 0. The van der Waals surface area contributed by atoms with Crippen molar-refractivity contribution in [3.8, 4) is 0 Å². The van der Waals surface area contributed by atoms with Crippen molar-refractivity contribution in [3.05, 3.63) is 23.8 Å². The maximum atomic E-state index is 10.2. The fourth-order valence-electron chi connectivity index (χ4n) is 3.67. The average molecular weight is 291 g/mol. The Morgan fingerprint density at radius 3 is 2.76 bits per heavy atom. The van der Waals surface area contributed by atoms with Gasteiger partial charge in [-0.05, 0) is 44.6 Å². The molecule has 5 heteroatoms. The third-order valence-electron chi connectivity index (χ3n) is 5.10. The summed E-state index contributed by atoms with van der Waals surface area (Å²) in [6.45, 7) is 1.93. The van der Waals surface area contributed by atoms with Gasteiger partial charge in [0.2, 0.25) is 0 Å². The summed E-state index contributed by atoms with van der Waals surface area (Å²) in [5.41, 5.74) is 1.00. The molecule has 4 unspecified atom stereocenters. The van der Waals surface area contributed by atoms with E-state index >= 15 is 0 Å². The SMILES string of the molecule is Cc1nccc(CC2C(NC3CCC3)CC(O)C2CO)n1. The molecule has 0 aliphatic heterocycles. The van der Waals surface area contributed by atoms with Gasteiger partial charge in [0, 0.05) is 36.5 Å². The minimum atomic E-state index is -0.416. The van der Waals surface area contributed by atoms with Crippen LogP contribution in [0, 0.1) is 18.8 Å². The minimum absolute atomic E-state index is 0.0404. The van der Waals surface area contributed by atoms with Gasteiger partial charge in [-0.15, -0.1) is 0 Å². The Morgan fingerprint density at radius 1 is 1.33 bits per heavy atom. The zero-order valence-corrected chi connectivity index (χ0v) is 12.6. The molecule has 0 saturated heterocycles. The van der Waals surface area contributed by atoms with Gasteiger partial charge < -0.3 is 15.5 Å². The number of rotatable bonds is 5. The number of hydrogen-bond acceptors (Lipinski definition) is 5. The van der Waals surface area contributed by atoms with Gasteiger partial charge in [0.25, 0.3) is 0 Å². The molecule has 2 aliphatic carbocycles. The first kappa shape index (κ1) is 14.9. The van der Waals surface area contributed by atoms with E-state index in [1.807, 2.05) is 13.0 Å². The lowest BCUT2D eigenvalue weighted by molar-refractivity contribution is 0.0714. The molecule has 0 spiro atoms. The van der Waals surface area contributed by atoms with Crippen molar-refractivity contribution in [2.75, 3.05) is 6.61 Å². The predicted octanol–water partition coefficient (Wildman–Crippen LogP) is 0.828. The van der Waals surface area contributed by atoms with Crippen molar-refractivity contribution < 1.29 is 10.2 Å². The maximum absolute atomic E-state index is 10.2. The van der Waals surface area contributed by atoms with Crippen LogP contribution in [0.1, 0.15) is 37.2 Å². The summed E-state index contributed by atoms with van der Waals surface area (Å²) in [6, 6.07) is 2.80. The van der Waals surface area contributed by atoms with Crippen molar-refractivity contribution in [3.63, 3.8) is 0 Å². The molecule has 1 aromatic rings. The Hall–Kier alpha value is -1.04. The van der Waals surface area contributed by atoms with Gasteiger partial charge in [-0.2, -0.15) is 0 Å². The molecule has 0 amide bonds. The van der Waals surface area contributed by atoms with Crippen LogP contribution in [0.3, 0.4) is 0 Å². The van der Waals surface area contributed by atoms with E-state index in [4.69, 9.17) is 0 Å². The highest BCUT2D eigenvalue weighted by molar-refractivity contribution is 5.07. The monoisotopic (exact) mass is 291 g/mol. The zero-order valence-electron chi connectivity index (χ0n) is 12.6. The largest absolute Gasteiger partial charge is 0.396 e. The lowest BCUT2D eigenvalue weighted by Crippen LogP contribution is -2.45. The molecule has 0 aromatic carbocycles. The molecule has 1 aromatic heterocycles. The van der Waals surface area contributed by atoms with E-state index in [-0.39, 0.29) is 24.5 Å². The molecular weight excluding hydrogens is 266 g/mol. The molecule has 5 nitrogen and oxygen atoms in total. The number of nitrogens with one attached hydrogen (secondary N) is 1. The number of aryl methyl sites for hydroxylation is 1. The normalized spacial score (nSPS) is 33.1. The molecule has 4 atom stereocenters. The van der Waals surface area contributed by atoms with Gasteiger partial charge in [0.1, 0.15) is 5.82 Å². The van der Waals surface area contributed by atoms with Crippen molar-refractivity contribution in [2.45, 2.75) is 57.2 Å². The van der Waals surface area contributed by atoms with E-state index in [1.165, 1.54) is 19.3 Å². The molecule has 3 N–H and O–H groups in total.